The van der Waals surface area contributed by atoms with Crippen LogP contribution in [0.3, 0.4) is 0 Å². The highest BCUT2D eigenvalue weighted by atomic mass is 19.1. The maximum Gasteiger partial charge on any atom is 0.152 e. The molecule has 0 saturated carbocycles. The van der Waals surface area contributed by atoms with E-state index in [1.165, 1.54) is 0 Å². The van der Waals surface area contributed by atoms with Crippen LogP contribution in [0, 0.1) is 5.82 Å². The summed E-state index contributed by atoms with van der Waals surface area (Å²) in [6.45, 7) is 0. The van der Waals surface area contributed by atoms with Crippen molar-refractivity contribution < 1.29 is 9.13 Å². The van der Waals surface area contributed by atoms with E-state index in [9.17, 15) is 0 Å². The van der Waals surface area contributed by atoms with Gasteiger partial charge < -0.3 is 9.64 Å². The molecule has 1 heterocycles. The number of ether oxygens (including phenoxy) is 1. The lowest BCUT2D eigenvalue weighted by Gasteiger charge is -2.36. The van der Waals surface area contributed by atoms with Crippen molar-refractivity contribution in [3.63, 3.8) is 0 Å². The fourth-order valence-corrected chi connectivity index (χ4v) is 11.7. The lowest BCUT2D eigenvalue weighted by Crippen LogP contribution is -2.30. The molecular formula is C71H46FNO. The second-order valence-corrected chi connectivity index (χ2v) is 19.3. The lowest BCUT2D eigenvalue weighted by atomic mass is 9.67. The molecule has 0 atom stereocenters. The molecule has 2 aliphatic rings. The van der Waals surface area contributed by atoms with Gasteiger partial charge in [0.2, 0.25) is 0 Å². The van der Waals surface area contributed by atoms with Gasteiger partial charge in [-0.05, 0) is 143 Å². The summed E-state index contributed by atoms with van der Waals surface area (Å²) in [5, 5.41) is 2.19. The molecule has 0 unspecified atom stereocenters. The van der Waals surface area contributed by atoms with E-state index in [4.69, 9.17) is 4.74 Å². The number of hydrogen-bond acceptors (Lipinski definition) is 2. The van der Waals surface area contributed by atoms with Gasteiger partial charge in [-0.25, -0.2) is 4.39 Å². The average molecular weight is 948 g/mol. The van der Waals surface area contributed by atoms with Crippen LogP contribution in [-0.4, -0.2) is 0 Å². The highest BCUT2D eigenvalue weighted by Crippen LogP contribution is 2.60. The summed E-state index contributed by atoms with van der Waals surface area (Å²) in [4.78, 5) is 2.32. The zero-order valence-corrected chi connectivity index (χ0v) is 40.3. The Morgan fingerprint density at radius 2 is 0.784 bits per heavy atom. The van der Waals surface area contributed by atoms with E-state index in [-0.39, 0.29) is 5.82 Å². The van der Waals surface area contributed by atoms with Gasteiger partial charge in [0.25, 0.3) is 0 Å². The van der Waals surface area contributed by atoms with Gasteiger partial charge in [-0.1, -0.05) is 231 Å². The molecule has 0 N–H and O–H groups in total. The first-order chi connectivity index (χ1) is 36.6. The smallest absolute Gasteiger partial charge is 0.152 e. The van der Waals surface area contributed by atoms with Crippen LogP contribution in [0.4, 0.5) is 21.5 Å². The molecule has 3 heteroatoms. The Morgan fingerprint density at radius 3 is 1.32 bits per heavy atom. The van der Waals surface area contributed by atoms with Gasteiger partial charge in [-0.3, -0.25) is 0 Å². The van der Waals surface area contributed by atoms with Crippen molar-refractivity contribution >= 4 is 27.8 Å². The summed E-state index contributed by atoms with van der Waals surface area (Å²) in [6, 6.07) is 97.8. The molecule has 1 aliphatic heterocycles. The largest absolute Gasteiger partial charge is 0.453 e. The Hall–Kier alpha value is -9.57. The first kappa shape index (κ1) is 43.2. The molecule has 1 aliphatic carbocycles. The van der Waals surface area contributed by atoms with Gasteiger partial charge in [0.05, 0.1) is 16.8 Å². The molecule has 12 aromatic carbocycles. The summed E-state index contributed by atoms with van der Waals surface area (Å²) in [6.07, 6.45) is 0. The van der Waals surface area contributed by atoms with Crippen LogP contribution in [0.25, 0.3) is 77.5 Å². The van der Waals surface area contributed by atoms with E-state index in [0.29, 0.717) is 5.56 Å². The molecule has 0 spiro atoms. The molecule has 74 heavy (non-hydrogen) atoms. The zero-order valence-electron chi connectivity index (χ0n) is 40.3. The van der Waals surface area contributed by atoms with Crippen molar-refractivity contribution in [3.8, 4) is 78.3 Å². The summed E-state index contributed by atoms with van der Waals surface area (Å²) in [5.74, 6) is 1.24. The summed E-state index contributed by atoms with van der Waals surface area (Å²) >= 11 is 0. The topological polar surface area (TPSA) is 12.5 Å². The maximum absolute atomic E-state index is 18.5. The third-order valence-corrected chi connectivity index (χ3v) is 15.2. The Labute approximate surface area is 430 Å². The van der Waals surface area contributed by atoms with Crippen LogP contribution in [0.1, 0.15) is 22.3 Å². The summed E-state index contributed by atoms with van der Waals surface area (Å²) < 4.78 is 25.5. The fourth-order valence-electron chi connectivity index (χ4n) is 11.7. The van der Waals surface area contributed by atoms with Crippen molar-refractivity contribution in [2.24, 2.45) is 0 Å². The van der Waals surface area contributed by atoms with Gasteiger partial charge >= 0.3 is 0 Å². The van der Waals surface area contributed by atoms with Crippen molar-refractivity contribution in [2.45, 2.75) is 5.41 Å². The molecule has 12 aromatic rings. The van der Waals surface area contributed by atoms with E-state index < -0.39 is 5.41 Å². The quantitative estimate of drug-likeness (QED) is 0.150. The van der Waals surface area contributed by atoms with Gasteiger partial charge in [0, 0.05) is 11.3 Å². The molecular weight excluding hydrogens is 902 g/mol. The van der Waals surface area contributed by atoms with Gasteiger partial charge in [-0.15, -0.1) is 0 Å². The number of rotatable bonds is 8. The van der Waals surface area contributed by atoms with E-state index in [2.05, 4.69) is 254 Å². The van der Waals surface area contributed by atoms with E-state index in [1.807, 2.05) is 24.3 Å². The highest BCUT2D eigenvalue weighted by Gasteiger charge is 2.49. The van der Waals surface area contributed by atoms with Crippen LogP contribution in [-0.2, 0) is 5.41 Å². The van der Waals surface area contributed by atoms with Crippen molar-refractivity contribution in [2.75, 3.05) is 4.90 Å². The van der Waals surface area contributed by atoms with Gasteiger partial charge in [0.15, 0.2) is 11.5 Å². The van der Waals surface area contributed by atoms with Crippen LogP contribution in [0.5, 0.6) is 11.5 Å². The SMILES string of the molecule is Fc1cc(-c2cccc3ccccc23)cc2c1C(c1ccc(-c3ccccc3)cc1)(c1ccc(-c3ccccc3)cc1)c1cc(N3c4ccc(-c5ccccc5)cc4Oc4cc(-c5ccccc5)ccc43)ccc1-2. The van der Waals surface area contributed by atoms with Crippen molar-refractivity contribution in [1.29, 1.82) is 0 Å². The third kappa shape index (κ3) is 7.08. The third-order valence-electron chi connectivity index (χ3n) is 15.2. The minimum Gasteiger partial charge on any atom is -0.453 e. The molecule has 14 rings (SSSR count). The molecule has 0 amide bonds. The first-order valence-corrected chi connectivity index (χ1v) is 25.2. The van der Waals surface area contributed by atoms with Crippen LogP contribution in [0.15, 0.2) is 279 Å². The second-order valence-electron chi connectivity index (χ2n) is 19.3. The van der Waals surface area contributed by atoms with Crippen LogP contribution in [0.2, 0.25) is 0 Å². The Kier molecular flexibility index (Phi) is 10.3. The Morgan fingerprint density at radius 1 is 0.324 bits per heavy atom. The monoisotopic (exact) mass is 947 g/mol. The zero-order chi connectivity index (χ0) is 49.2. The Balaban J connectivity index is 1.04. The summed E-state index contributed by atoms with van der Waals surface area (Å²) in [7, 11) is 0. The highest BCUT2D eigenvalue weighted by molar-refractivity contribution is 6.00. The number of halogens is 1. The number of hydrogen-bond donors (Lipinski definition) is 0. The average Bonchev–Trinajstić information content (AvgIpc) is 3.79. The van der Waals surface area contributed by atoms with Crippen LogP contribution >= 0.6 is 0 Å². The molecule has 0 bridgehead atoms. The fraction of sp³-hybridized carbons (Fsp3) is 0.0141. The van der Waals surface area contributed by atoms with Gasteiger partial charge in [-0.2, -0.15) is 0 Å². The number of benzene rings is 12. The lowest BCUT2D eigenvalue weighted by molar-refractivity contribution is 0.477. The number of nitrogens with zero attached hydrogens (tertiary/aromatic N) is 1. The molecule has 2 nitrogen and oxygen atoms in total. The molecule has 0 fully saturated rings. The minimum atomic E-state index is -1.08. The second kappa shape index (κ2) is 17.6. The molecule has 348 valence electrons. The van der Waals surface area contributed by atoms with Crippen molar-refractivity contribution in [3.05, 3.63) is 307 Å². The van der Waals surface area contributed by atoms with E-state index in [1.54, 1.807) is 6.07 Å². The molecule has 0 saturated heterocycles. The number of fused-ring (bicyclic) bond motifs is 6. The molecule has 0 aromatic heterocycles. The number of anilines is 3. The van der Waals surface area contributed by atoms with E-state index >= 15 is 4.39 Å². The maximum atomic E-state index is 18.5. The van der Waals surface area contributed by atoms with Crippen LogP contribution < -0.4 is 9.64 Å². The summed E-state index contributed by atoms with van der Waals surface area (Å²) in [5.41, 5.74) is 17.7. The normalized spacial score (nSPS) is 12.9. The molecule has 0 radical (unpaired) electrons. The van der Waals surface area contributed by atoms with Gasteiger partial charge in [0.1, 0.15) is 5.82 Å². The predicted octanol–water partition coefficient (Wildman–Crippen LogP) is 19.3. The van der Waals surface area contributed by atoms with E-state index in [0.717, 1.165) is 123 Å². The predicted molar refractivity (Wildman–Crippen MR) is 303 cm³/mol. The minimum absolute atomic E-state index is 0.258. The Bertz CT molecular complexity index is 3900. The standard InChI is InChI=1S/C71H46FNO/c72-65-43-56(61-27-15-25-53-24-13-14-26-60(53)61)42-63-62-39-38-59(73-66-40-32-54(49-20-9-3-10-21-49)44-68(66)74-69-45-55(33-41-67(69)73)50-22-11-4-12-23-50)46-64(62)71(70(63)65,57-34-28-51(29-35-57)47-16-5-1-6-17-47)58-36-30-52(31-37-58)48-18-7-2-8-19-48/h1-46H. The first-order valence-electron chi connectivity index (χ1n) is 25.2. The van der Waals surface area contributed by atoms with Crippen molar-refractivity contribution in [1.82, 2.24) is 0 Å².